The molecule has 0 saturated heterocycles. The van der Waals surface area contributed by atoms with Crippen molar-refractivity contribution >= 4 is 21.6 Å². The lowest BCUT2D eigenvalue weighted by atomic mass is 10.1. The number of furan rings is 1. The average Bonchev–Trinajstić information content (AvgIpc) is 3.53. The fraction of sp³-hybridized carbons (Fsp3) is 0.258. The number of hydrogen-bond donors (Lipinski definition) is 1. The van der Waals surface area contributed by atoms with Gasteiger partial charge in [-0.25, -0.2) is 8.42 Å². The number of rotatable bonds is 14. The smallest absolute Gasteiger partial charge is 0.255 e. The summed E-state index contributed by atoms with van der Waals surface area (Å²) in [6.07, 6.45) is 2.38. The first-order valence-corrected chi connectivity index (χ1v) is 14.7. The predicted octanol–water partition coefficient (Wildman–Crippen LogP) is 5.74. The van der Waals surface area contributed by atoms with Crippen LogP contribution in [-0.4, -0.2) is 46.6 Å². The Balaban J connectivity index is 1.55. The van der Waals surface area contributed by atoms with Gasteiger partial charge in [0, 0.05) is 17.8 Å². The molecule has 0 saturated carbocycles. The minimum absolute atomic E-state index is 0.00377. The summed E-state index contributed by atoms with van der Waals surface area (Å²) < 4.78 is 56.3. The number of benzene rings is 3. The zero-order valence-electron chi connectivity index (χ0n) is 24.0. The van der Waals surface area contributed by atoms with Gasteiger partial charge in [0.25, 0.3) is 5.91 Å². The molecule has 4 aromatic rings. The summed E-state index contributed by atoms with van der Waals surface area (Å²) in [5.74, 6) is 2.06. The first-order valence-electron chi connectivity index (χ1n) is 13.2. The van der Waals surface area contributed by atoms with Gasteiger partial charge in [0.2, 0.25) is 15.8 Å². The first-order chi connectivity index (χ1) is 20.3. The number of carbonyl (C=O) groups excluding carboxylic acids is 1. The molecule has 0 bridgehead atoms. The average molecular weight is 595 g/mol. The number of methoxy groups -OCH3 is 3. The van der Waals surface area contributed by atoms with Gasteiger partial charge in [-0.2, -0.15) is 4.31 Å². The summed E-state index contributed by atoms with van der Waals surface area (Å²) in [5, 5.41) is 2.80. The third kappa shape index (κ3) is 7.23. The highest BCUT2D eigenvalue weighted by Gasteiger charge is 2.27. The van der Waals surface area contributed by atoms with Gasteiger partial charge in [0.05, 0.1) is 45.6 Å². The Bertz CT molecular complexity index is 1540. The molecule has 1 heterocycles. The topological polar surface area (TPSA) is 117 Å². The van der Waals surface area contributed by atoms with Crippen LogP contribution in [-0.2, 0) is 23.1 Å². The van der Waals surface area contributed by atoms with Crippen LogP contribution >= 0.6 is 0 Å². The zero-order valence-corrected chi connectivity index (χ0v) is 24.8. The van der Waals surface area contributed by atoms with Gasteiger partial charge in [0.1, 0.15) is 11.5 Å². The molecule has 10 nitrogen and oxygen atoms in total. The maximum Gasteiger partial charge on any atom is 0.255 e. The van der Waals surface area contributed by atoms with Crippen molar-refractivity contribution in [2.24, 2.45) is 0 Å². The van der Waals surface area contributed by atoms with Crippen LogP contribution in [0.15, 0.2) is 88.4 Å². The minimum Gasteiger partial charge on any atom is -0.494 e. The van der Waals surface area contributed by atoms with E-state index >= 15 is 0 Å². The lowest BCUT2D eigenvalue weighted by Crippen LogP contribution is -2.30. The van der Waals surface area contributed by atoms with Gasteiger partial charge >= 0.3 is 0 Å². The van der Waals surface area contributed by atoms with Crippen molar-refractivity contribution in [1.29, 1.82) is 0 Å². The van der Waals surface area contributed by atoms with Gasteiger partial charge in [-0.05, 0) is 84.8 Å². The summed E-state index contributed by atoms with van der Waals surface area (Å²) in [5.41, 5.74) is 1.52. The third-order valence-electron chi connectivity index (χ3n) is 6.34. The number of nitrogens with one attached hydrogen (secondary N) is 1. The second-order valence-electron chi connectivity index (χ2n) is 9.24. The van der Waals surface area contributed by atoms with Crippen LogP contribution in [0.5, 0.6) is 23.0 Å². The first kappa shape index (κ1) is 30.5. The van der Waals surface area contributed by atoms with Gasteiger partial charge in [-0.3, -0.25) is 4.79 Å². The zero-order chi connectivity index (χ0) is 30.1. The summed E-state index contributed by atoms with van der Waals surface area (Å²) in [6, 6.07) is 19.6. The van der Waals surface area contributed by atoms with E-state index in [0.717, 1.165) is 6.42 Å². The summed E-state index contributed by atoms with van der Waals surface area (Å²) >= 11 is 0. The molecule has 1 aromatic heterocycles. The third-order valence-corrected chi connectivity index (χ3v) is 8.14. The fourth-order valence-corrected chi connectivity index (χ4v) is 5.61. The molecule has 0 atom stereocenters. The van der Waals surface area contributed by atoms with E-state index in [4.69, 9.17) is 23.4 Å². The molecule has 3 aromatic carbocycles. The number of amides is 1. The van der Waals surface area contributed by atoms with Crippen molar-refractivity contribution in [3.8, 4) is 23.0 Å². The highest BCUT2D eigenvalue weighted by Crippen LogP contribution is 2.39. The summed E-state index contributed by atoms with van der Waals surface area (Å²) in [7, 11) is 0.484. The summed E-state index contributed by atoms with van der Waals surface area (Å²) in [4.78, 5) is 12.8. The lowest BCUT2D eigenvalue weighted by Gasteiger charge is -2.23. The molecule has 0 fully saturated rings. The molecule has 222 valence electrons. The molecule has 0 spiro atoms. The number of ether oxygens (including phenoxy) is 4. The van der Waals surface area contributed by atoms with Crippen molar-refractivity contribution in [2.75, 3.05) is 33.3 Å². The van der Waals surface area contributed by atoms with Gasteiger partial charge < -0.3 is 28.7 Å². The molecular formula is C31H34N2O8S. The van der Waals surface area contributed by atoms with E-state index in [9.17, 15) is 13.2 Å². The van der Waals surface area contributed by atoms with E-state index in [1.54, 1.807) is 60.7 Å². The second-order valence-corrected chi connectivity index (χ2v) is 11.2. The van der Waals surface area contributed by atoms with E-state index in [1.165, 1.54) is 44.0 Å². The van der Waals surface area contributed by atoms with Crippen molar-refractivity contribution in [3.05, 3.63) is 95.9 Å². The van der Waals surface area contributed by atoms with Crippen LogP contribution in [0.4, 0.5) is 5.69 Å². The van der Waals surface area contributed by atoms with E-state index in [-0.39, 0.29) is 23.9 Å². The predicted molar refractivity (Wildman–Crippen MR) is 158 cm³/mol. The Morgan fingerprint density at radius 3 is 2.10 bits per heavy atom. The maximum absolute atomic E-state index is 13.9. The Kier molecular flexibility index (Phi) is 10.1. The molecule has 1 amide bonds. The highest BCUT2D eigenvalue weighted by molar-refractivity contribution is 7.89. The quantitative estimate of drug-likeness (QED) is 0.197. The lowest BCUT2D eigenvalue weighted by molar-refractivity contribution is 0.102. The van der Waals surface area contributed by atoms with E-state index in [1.807, 2.05) is 6.92 Å². The maximum atomic E-state index is 13.9. The van der Waals surface area contributed by atoms with Crippen molar-refractivity contribution < 1.29 is 36.6 Å². The van der Waals surface area contributed by atoms with Crippen LogP contribution in [0, 0.1) is 0 Å². The minimum atomic E-state index is -4.01. The Hall–Kier alpha value is -4.48. The Labute approximate surface area is 245 Å². The van der Waals surface area contributed by atoms with Crippen molar-refractivity contribution in [3.63, 3.8) is 0 Å². The van der Waals surface area contributed by atoms with E-state index in [2.05, 4.69) is 5.32 Å². The standard InChI is InChI=1S/C31H34N2O8S/c1-5-16-40-25-12-8-23(9-13-25)31(34)32-24-10-14-27(15-11-24)42(35,36)33(21-26-7-6-17-41-26)20-22-18-28(37-2)30(39-4)29(19-22)38-3/h6-15,17-19H,5,16,20-21H2,1-4H3,(H,32,34). The number of anilines is 1. The molecule has 0 radical (unpaired) electrons. The number of nitrogens with zero attached hydrogens (tertiary/aromatic N) is 1. The summed E-state index contributed by atoms with van der Waals surface area (Å²) in [6.45, 7) is 2.60. The van der Waals surface area contributed by atoms with Crippen LogP contribution in [0.25, 0.3) is 0 Å². The van der Waals surface area contributed by atoms with E-state index in [0.29, 0.717) is 52.2 Å². The molecule has 11 heteroatoms. The van der Waals surface area contributed by atoms with E-state index < -0.39 is 10.0 Å². The van der Waals surface area contributed by atoms with Crippen LogP contribution in [0.1, 0.15) is 35.0 Å². The molecule has 1 N–H and O–H groups in total. The van der Waals surface area contributed by atoms with Crippen LogP contribution in [0.3, 0.4) is 0 Å². The van der Waals surface area contributed by atoms with Gasteiger partial charge in [-0.15, -0.1) is 0 Å². The molecule has 0 aliphatic heterocycles. The normalized spacial score (nSPS) is 11.3. The monoisotopic (exact) mass is 594 g/mol. The fourth-order valence-electron chi connectivity index (χ4n) is 4.22. The Morgan fingerprint density at radius 2 is 1.55 bits per heavy atom. The Morgan fingerprint density at radius 1 is 0.881 bits per heavy atom. The van der Waals surface area contributed by atoms with Crippen molar-refractivity contribution in [2.45, 2.75) is 31.3 Å². The molecule has 0 aliphatic carbocycles. The SMILES string of the molecule is CCCOc1ccc(C(=O)Nc2ccc(S(=O)(=O)N(Cc3cc(OC)c(OC)c(OC)c3)Cc3ccco3)cc2)cc1. The van der Waals surface area contributed by atoms with Gasteiger partial charge in [0.15, 0.2) is 11.5 Å². The molecule has 42 heavy (non-hydrogen) atoms. The number of hydrogen-bond acceptors (Lipinski definition) is 8. The van der Waals surface area contributed by atoms with Crippen molar-refractivity contribution in [1.82, 2.24) is 4.31 Å². The molecule has 4 rings (SSSR count). The van der Waals surface area contributed by atoms with Crippen LogP contribution < -0.4 is 24.3 Å². The van der Waals surface area contributed by atoms with Crippen LogP contribution in [0.2, 0.25) is 0 Å². The van der Waals surface area contributed by atoms with Gasteiger partial charge in [-0.1, -0.05) is 6.92 Å². The number of carbonyl (C=O) groups is 1. The molecular weight excluding hydrogens is 560 g/mol. The molecule has 0 unspecified atom stereocenters. The highest BCUT2D eigenvalue weighted by atomic mass is 32.2. The largest absolute Gasteiger partial charge is 0.494 e. The molecule has 0 aliphatic rings. The second kappa shape index (κ2) is 13.9. The number of sulfonamides is 1.